The molecule has 0 radical (unpaired) electrons. The lowest BCUT2D eigenvalue weighted by molar-refractivity contribution is 0.613. The molecular weight excluding hydrogens is 303 g/mol. The maximum atomic E-state index is 13.6. The topological polar surface area (TPSA) is 49.8 Å². The third-order valence-corrected chi connectivity index (χ3v) is 3.68. The van der Waals surface area contributed by atoms with Gasteiger partial charge in [-0.3, -0.25) is 0 Å². The SMILES string of the molecule is Cc1ccc(CNc2cc(NCc3ccccc3F)ncn2)cc1. The Balaban J connectivity index is 1.59. The molecule has 0 aliphatic carbocycles. The first kappa shape index (κ1) is 15.9. The molecule has 122 valence electrons. The summed E-state index contributed by atoms with van der Waals surface area (Å²) in [4.78, 5) is 8.37. The number of halogens is 1. The fourth-order valence-corrected chi connectivity index (χ4v) is 2.28. The van der Waals surface area contributed by atoms with Crippen LogP contribution in [0.15, 0.2) is 60.9 Å². The van der Waals surface area contributed by atoms with Gasteiger partial charge in [0.25, 0.3) is 0 Å². The molecule has 1 heterocycles. The van der Waals surface area contributed by atoms with Gasteiger partial charge in [0.1, 0.15) is 23.8 Å². The number of anilines is 2. The van der Waals surface area contributed by atoms with Gasteiger partial charge in [0.05, 0.1) is 0 Å². The van der Waals surface area contributed by atoms with Gasteiger partial charge in [0, 0.05) is 24.7 Å². The van der Waals surface area contributed by atoms with Crippen molar-refractivity contribution < 1.29 is 4.39 Å². The maximum absolute atomic E-state index is 13.6. The Labute approximate surface area is 140 Å². The average molecular weight is 322 g/mol. The molecule has 0 saturated carbocycles. The number of benzene rings is 2. The van der Waals surface area contributed by atoms with Gasteiger partial charge in [-0.05, 0) is 18.6 Å². The molecule has 1 aromatic heterocycles. The van der Waals surface area contributed by atoms with E-state index >= 15 is 0 Å². The third-order valence-electron chi connectivity index (χ3n) is 3.68. The first-order chi connectivity index (χ1) is 11.7. The first-order valence-electron chi connectivity index (χ1n) is 7.79. The van der Waals surface area contributed by atoms with E-state index < -0.39 is 0 Å². The van der Waals surface area contributed by atoms with Crippen LogP contribution in [0.4, 0.5) is 16.0 Å². The summed E-state index contributed by atoms with van der Waals surface area (Å²) in [6.07, 6.45) is 1.49. The normalized spacial score (nSPS) is 10.4. The Morgan fingerprint density at radius 3 is 2.25 bits per heavy atom. The fourth-order valence-electron chi connectivity index (χ4n) is 2.28. The summed E-state index contributed by atoms with van der Waals surface area (Å²) in [5.41, 5.74) is 3.02. The first-order valence-corrected chi connectivity index (χ1v) is 7.79. The van der Waals surface area contributed by atoms with Crippen molar-refractivity contribution in [2.75, 3.05) is 10.6 Å². The molecule has 0 saturated heterocycles. The summed E-state index contributed by atoms with van der Waals surface area (Å²) in [5, 5.41) is 6.38. The lowest BCUT2D eigenvalue weighted by Gasteiger charge is -2.09. The lowest BCUT2D eigenvalue weighted by Crippen LogP contribution is -2.06. The molecule has 0 fully saturated rings. The van der Waals surface area contributed by atoms with Crippen molar-refractivity contribution in [2.45, 2.75) is 20.0 Å². The van der Waals surface area contributed by atoms with Gasteiger partial charge in [0.2, 0.25) is 0 Å². The molecule has 3 rings (SSSR count). The van der Waals surface area contributed by atoms with Crippen LogP contribution in [-0.4, -0.2) is 9.97 Å². The zero-order chi connectivity index (χ0) is 16.8. The Bertz CT molecular complexity index is 802. The molecule has 24 heavy (non-hydrogen) atoms. The second-order valence-electron chi connectivity index (χ2n) is 5.57. The number of aryl methyl sites for hydroxylation is 1. The Morgan fingerprint density at radius 1 is 0.875 bits per heavy atom. The van der Waals surface area contributed by atoms with E-state index in [9.17, 15) is 4.39 Å². The van der Waals surface area contributed by atoms with Crippen LogP contribution in [0.1, 0.15) is 16.7 Å². The van der Waals surface area contributed by atoms with E-state index in [2.05, 4.69) is 51.8 Å². The van der Waals surface area contributed by atoms with Gasteiger partial charge < -0.3 is 10.6 Å². The highest BCUT2D eigenvalue weighted by Crippen LogP contribution is 2.13. The second kappa shape index (κ2) is 7.55. The predicted octanol–water partition coefficient (Wildman–Crippen LogP) is 4.15. The van der Waals surface area contributed by atoms with Crippen molar-refractivity contribution in [2.24, 2.45) is 0 Å². The van der Waals surface area contributed by atoms with Crippen molar-refractivity contribution in [3.05, 3.63) is 83.4 Å². The number of hydrogen-bond acceptors (Lipinski definition) is 4. The summed E-state index contributed by atoms with van der Waals surface area (Å²) >= 11 is 0. The van der Waals surface area contributed by atoms with Crippen molar-refractivity contribution in [3.8, 4) is 0 Å². The van der Waals surface area contributed by atoms with Crippen molar-refractivity contribution >= 4 is 11.6 Å². The van der Waals surface area contributed by atoms with Gasteiger partial charge in [-0.1, -0.05) is 48.0 Å². The molecule has 4 nitrogen and oxygen atoms in total. The van der Waals surface area contributed by atoms with E-state index in [1.54, 1.807) is 12.1 Å². The standard InChI is InChI=1S/C19H19FN4/c1-14-6-8-15(9-7-14)11-21-18-10-19(24-13-23-18)22-12-16-4-2-3-5-17(16)20/h2-10,13H,11-12H2,1H3,(H2,21,22,23,24). The Hall–Kier alpha value is -2.95. The molecular formula is C19H19FN4. The van der Waals surface area contributed by atoms with Crippen LogP contribution in [0, 0.1) is 12.7 Å². The average Bonchev–Trinajstić information content (AvgIpc) is 2.61. The summed E-state index contributed by atoms with van der Waals surface area (Å²) < 4.78 is 13.6. The van der Waals surface area contributed by atoms with E-state index in [1.807, 2.05) is 12.1 Å². The summed E-state index contributed by atoms with van der Waals surface area (Å²) in [6.45, 7) is 3.13. The van der Waals surface area contributed by atoms with E-state index in [0.29, 0.717) is 24.5 Å². The van der Waals surface area contributed by atoms with Gasteiger partial charge in [-0.15, -0.1) is 0 Å². The summed E-state index contributed by atoms with van der Waals surface area (Å²) in [7, 11) is 0. The molecule has 0 atom stereocenters. The minimum absolute atomic E-state index is 0.225. The molecule has 0 amide bonds. The molecule has 0 unspecified atom stereocenters. The van der Waals surface area contributed by atoms with Crippen LogP contribution in [0.2, 0.25) is 0 Å². The smallest absolute Gasteiger partial charge is 0.131 e. The minimum atomic E-state index is -0.225. The van der Waals surface area contributed by atoms with Crippen LogP contribution < -0.4 is 10.6 Å². The number of nitrogens with zero attached hydrogens (tertiary/aromatic N) is 2. The second-order valence-corrected chi connectivity index (χ2v) is 5.57. The van der Waals surface area contributed by atoms with Gasteiger partial charge in [-0.25, -0.2) is 14.4 Å². The Morgan fingerprint density at radius 2 is 1.54 bits per heavy atom. The number of nitrogens with one attached hydrogen (secondary N) is 2. The predicted molar refractivity (Wildman–Crippen MR) is 94.3 cm³/mol. The third kappa shape index (κ3) is 4.29. The molecule has 2 aromatic carbocycles. The summed E-state index contributed by atoms with van der Waals surface area (Å²) in [6, 6.07) is 16.8. The molecule has 0 aliphatic heterocycles. The number of aromatic nitrogens is 2. The molecule has 2 N–H and O–H groups in total. The Kier molecular flexibility index (Phi) is 5.01. The highest BCUT2D eigenvalue weighted by molar-refractivity contribution is 5.47. The molecule has 0 aliphatic rings. The monoisotopic (exact) mass is 322 g/mol. The van der Waals surface area contributed by atoms with Crippen molar-refractivity contribution in [3.63, 3.8) is 0 Å². The highest BCUT2D eigenvalue weighted by Gasteiger charge is 2.02. The van der Waals surface area contributed by atoms with E-state index in [4.69, 9.17) is 0 Å². The number of rotatable bonds is 6. The zero-order valence-electron chi connectivity index (χ0n) is 13.5. The number of hydrogen-bond donors (Lipinski definition) is 2. The molecule has 5 heteroatoms. The lowest BCUT2D eigenvalue weighted by atomic mass is 10.1. The molecule has 3 aromatic rings. The van der Waals surface area contributed by atoms with Crippen LogP contribution in [0.5, 0.6) is 0 Å². The highest BCUT2D eigenvalue weighted by atomic mass is 19.1. The quantitative estimate of drug-likeness (QED) is 0.716. The van der Waals surface area contributed by atoms with E-state index in [-0.39, 0.29) is 5.82 Å². The van der Waals surface area contributed by atoms with Gasteiger partial charge in [-0.2, -0.15) is 0 Å². The van der Waals surface area contributed by atoms with Gasteiger partial charge >= 0.3 is 0 Å². The van der Waals surface area contributed by atoms with E-state index in [0.717, 1.165) is 5.82 Å². The molecule has 0 bridgehead atoms. The zero-order valence-corrected chi connectivity index (χ0v) is 13.5. The largest absolute Gasteiger partial charge is 0.366 e. The summed E-state index contributed by atoms with van der Waals surface area (Å²) in [5.74, 6) is 1.15. The van der Waals surface area contributed by atoms with Crippen molar-refractivity contribution in [1.29, 1.82) is 0 Å². The molecule has 0 spiro atoms. The van der Waals surface area contributed by atoms with Crippen LogP contribution in [0.3, 0.4) is 0 Å². The van der Waals surface area contributed by atoms with E-state index in [1.165, 1.54) is 23.5 Å². The minimum Gasteiger partial charge on any atom is -0.366 e. The van der Waals surface area contributed by atoms with Crippen molar-refractivity contribution in [1.82, 2.24) is 9.97 Å². The van der Waals surface area contributed by atoms with Gasteiger partial charge in [0.15, 0.2) is 0 Å². The maximum Gasteiger partial charge on any atom is 0.131 e. The van der Waals surface area contributed by atoms with Crippen LogP contribution in [0.25, 0.3) is 0 Å². The fraction of sp³-hybridized carbons (Fsp3) is 0.158. The van der Waals surface area contributed by atoms with Crippen LogP contribution in [-0.2, 0) is 13.1 Å². The van der Waals surface area contributed by atoms with Crippen LogP contribution >= 0.6 is 0 Å².